The standard InChI is InChI=1S/C18H22O3/c1-2-21-17(20)18(13-7-6-12-16(18)19)14-8-11-15-9-4-3-5-10-15/h3-5,8-11H,2,6-7,12-14H2,1H3/b11-8+/t18-/m0/s1. The average Bonchev–Trinajstić information content (AvgIpc) is 2.50. The van der Waals surface area contributed by atoms with Crippen LogP contribution in [0.25, 0.3) is 6.08 Å². The van der Waals surface area contributed by atoms with Gasteiger partial charge in [0.2, 0.25) is 0 Å². The summed E-state index contributed by atoms with van der Waals surface area (Å²) in [5, 5.41) is 0. The molecule has 0 spiro atoms. The normalized spacial score (nSPS) is 22.4. The predicted molar refractivity (Wildman–Crippen MR) is 82.6 cm³/mol. The molecule has 21 heavy (non-hydrogen) atoms. The van der Waals surface area contributed by atoms with E-state index in [0.29, 0.717) is 25.9 Å². The molecular weight excluding hydrogens is 264 g/mol. The van der Waals surface area contributed by atoms with E-state index in [4.69, 9.17) is 4.74 Å². The molecule has 1 atom stereocenters. The number of allylic oxidation sites excluding steroid dienone is 1. The SMILES string of the molecule is CCOC(=O)[C@]1(C/C=C/c2ccccc2)CCCCC1=O. The Labute approximate surface area is 126 Å². The molecule has 1 aromatic carbocycles. The highest BCUT2D eigenvalue weighted by Crippen LogP contribution is 2.38. The molecule has 0 aromatic heterocycles. The van der Waals surface area contributed by atoms with Gasteiger partial charge in [0.1, 0.15) is 11.2 Å². The van der Waals surface area contributed by atoms with Gasteiger partial charge in [-0.05, 0) is 31.7 Å². The van der Waals surface area contributed by atoms with Gasteiger partial charge in [0.25, 0.3) is 0 Å². The topological polar surface area (TPSA) is 43.4 Å². The van der Waals surface area contributed by atoms with Crippen LogP contribution in [0.15, 0.2) is 36.4 Å². The van der Waals surface area contributed by atoms with Gasteiger partial charge in [0.05, 0.1) is 6.61 Å². The molecular formula is C18H22O3. The number of carbonyl (C=O) groups is 2. The summed E-state index contributed by atoms with van der Waals surface area (Å²) >= 11 is 0. The second-order valence-corrected chi connectivity index (χ2v) is 5.45. The highest BCUT2D eigenvalue weighted by Gasteiger charge is 2.46. The fraction of sp³-hybridized carbons (Fsp3) is 0.444. The first kappa shape index (κ1) is 15.5. The number of ketones is 1. The van der Waals surface area contributed by atoms with Crippen molar-refractivity contribution in [3.8, 4) is 0 Å². The smallest absolute Gasteiger partial charge is 0.319 e. The highest BCUT2D eigenvalue weighted by molar-refractivity contribution is 6.04. The number of benzene rings is 1. The van der Waals surface area contributed by atoms with Gasteiger partial charge in [-0.25, -0.2) is 0 Å². The van der Waals surface area contributed by atoms with Crippen LogP contribution in [-0.4, -0.2) is 18.4 Å². The van der Waals surface area contributed by atoms with E-state index in [2.05, 4.69) is 0 Å². The molecule has 0 radical (unpaired) electrons. The van der Waals surface area contributed by atoms with Gasteiger partial charge < -0.3 is 4.74 Å². The van der Waals surface area contributed by atoms with Crippen molar-refractivity contribution in [1.29, 1.82) is 0 Å². The Hall–Kier alpha value is -1.90. The lowest BCUT2D eigenvalue weighted by molar-refractivity contribution is -0.162. The van der Waals surface area contributed by atoms with Crippen LogP contribution in [0.5, 0.6) is 0 Å². The summed E-state index contributed by atoms with van der Waals surface area (Å²) in [6.45, 7) is 2.09. The van der Waals surface area contributed by atoms with Crippen LogP contribution >= 0.6 is 0 Å². The van der Waals surface area contributed by atoms with E-state index in [1.807, 2.05) is 42.5 Å². The maximum Gasteiger partial charge on any atom is 0.319 e. The fourth-order valence-corrected chi connectivity index (χ4v) is 2.84. The van der Waals surface area contributed by atoms with Crippen LogP contribution < -0.4 is 0 Å². The Morgan fingerprint density at radius 1 is 1.29 bits per heavy atom. The van der Waals surface area contributed by atoms with Crippen molar-refractivity contribution < 1.29 is 14.3 Å². The molecule has 1 fully saturated rings. The first-order chi connectivity index (χ1) is 10.2. The molecule has 1 aliphatic rings. The van der Waals surface area contributed by atoms with E-state index in [9.17, 15) is 9.59 Å². The average molecular weight is 286 g/mol. The van der Waals surface area contributed by atoms with Crippen LogP contribution in [0, 0.1) is 5.41 Å². The zero-order valence-corrected chi connectivity index (χ0v) is 12.5. The van der Waals surface area contributed by atoms with Crippen molar-refractivity contribution in [3.05, 3.63) is 42.0 Å². The van der Waals surface area contributed by atoms with Crippen molar-refractivity contribution in [3.63, 3.8) is 0 Å². The molecule has 0 unspecified atom stereocenters. The molecule has 2 rings (SSSR count). The van der Waals surface area contributed by atoms with Crippen molar-refractivity contribution in [2.45, 2.75) is 39.0 Å². The first-order valence-corrected chi connectivity index (χ1v) is 7.61. The first-order valence-electron chi connectivity index (χ1n) is 7.61. The van der Waals surface area contributed by atoms with Gasteiger partial charge in [0.15, 0.2) is 0 Å². The second kappa shape index (κ2) is 7.21. The predicted octanol–water partition coefficient (Wildman–Crippen LogP) is 3.78. The molecule has 0 amide bonds. The third kappa shape index (κ3) is 3.60. The van der Waals surface area contributed by atoms with E-state index in [1.54, 1.807) is 6.92 Å². The third-order valence-electron chi connectivity index (χ3n) is 4.03. The van der Waals surface area contributed by atoms with Gasteiger partial charge in [-0.15, -0.1) is 0 Å². The molecule has 0 bridgehead atoms. The highest BCUT2D eigenvalue weighted by atomic mass is 16.5. The Kier molecular flexibility index (Phi) is 5.32. The van der Waals surface area contributed by atoms with Crippen LogP contribution in [0.2, 0.25) is 0 Å². The summed E-state index contributed by atoms with van der Waals surface area (Å²) in [6, 6.07) is 9.88. The molecule has 112 valence electrons. The quantitative estimate of drug-likeness (QED) is 0.611. The van der Waals surface area contributed by atoms with E-state index >= 15 is 0 Å². The number of Topliss-reactive ketones (excluding diaryl/α,β-unsaturated/α-hetero) is 1. The maximum atomic E-state index is 12.3. The van der Waals surface area contributed by atoms with Gasteiger partial charge in [0, 0.05) is 6.42 Å². The van der Waals surface area contributed by atoms with Gasteiger partial charge in [-0.1, -0.05) is 48.9 Å². The Balaban J connectivity index is 2.14. The Bertz CT molecular complexity index is 519. The lowest BCUT2D eigenvalue weighted by Crippen LogP contribution is -2.42. The van der Waals surface area contributed by atoms with Crippen LogP contribution in [0.3, 0.4) is 0 Å². The van der Waals surface area contributed by atoms with E-state index in [0.717, 1.165) is 18.4 Å². The van der Waals surface area contributed by atoms with Gasteiger partial charge in [-0.2, -0.15) is 0 Å². The minimum absolute atomic E-state index is 0.0323. The van der Waals surface area contributed by atoms with E-state index < -0.39 is 5.41 Å². The van der Waals surface area contributed by atoms with Crippen molar-refractivity contribution in [2.75, 3.05) is 6.61 Å². The Morgan fingerprint density at radius 3 is 2.71 bits per heavy atom. The van der Waals surface area contributed by atoms with Crippen LogP contribution in [0.4, 0.5) is 0 Å². The molecule has 1 saturated carbocycles. The number of hydrogen-bond acceptors (Lipinski definition) is 3. The zero-order valence-electron chi connectivity index (χ0n) is 12.5. The van der Waals surface area contributed by atoms with Crippen LogP contribution in [-0.2, 0) is 14.3 Å². The Morgan fingerprint density at radius 2 is 2.05 bits per heavy atom. The zero-order chi connectivity index (χ0) is 15.1. The monoisotopic (exact) mass is 286 g/mol. The van der Waals surface area contributed by atoms with Crippen LogP contribution in [0.1, 0.15) is 44.6 Å². The molecule has 1 aromatic rings. The summed E-state index contributed by atoms with van der Waals surface area (Å²) in [5.41, 5.74) is 0.110. The molecule has 1 aliphatic carbocycles. The minimum atomic E-state index is -0.959. The summed E-state index contributed by atoms with van der Waals surface area (Å²) in [6.07, 6.45) is 7.19. The van der Waals surface area contributed by atoms with Crippen molar-refractivity contribution in [1.82, 2.24) is 0 Å². The van der Waals surface area contributed by atoms with Crippen molar-refractivity contribution in [2.24, 2.45) is 5.41 Å². The fourth-order valence-electron chi connectivity index (χ4n) is 2.84. The maximum absolute atomic E-state index is 12.3. The molecule has 0 heterocycles. The van der Waals surface area contributed by atoms with E-state index in [-0.39, 0.29) is 11.8 Å². The van der Waals surface area contributed by atoms with Gasteiger partial charge in [-0.3, -0.25) is 9.59 Å². The second-order valence-electron chi connectivity index (χ2n) is 5.45. The number of esters is 1. The number of hydrogen-bond donors (Lipinski definition) is 0. The number of carbonyl (C=O) groups excluding carboxylic acids is 2. The van der Waals surface area contributed by atoms with E-state index in [1.165, 1.54) is 0 Å². The summed E-state index contributed by atoms with van der Waals surface area (Å²) in [5.74, 6) is -0.322. The third-order valence-corrected chi connectivity index (χ3v) is 4.03. The minimum Gasteiger partial charge on any atom is -0.465 e. The van der Waals surface area contributed by atoms with Crippen molar-refractivity contribution >= 4 is 17.8 Å². The summed E-state index contributed by atoms with van der Waals surface area (Å²) < 4.78 is 5.16. The molecule has 0 N–H and O–H groups in total. The summed E-state index contributed by atoms with van der Waals surface area (Å²) in [7, 11) is 0. The molecule has 0 aliphatic heterocycles. The largest absolute Gasteiger partial charge is 0.465 e. The number of rotatable bonds is 5. The molecule has 3 heteroatoms. The molecule has 0 saturated heterocycles. The number of ether oxygens (including phenoxy) is 1. The molecule has 3 nitrogen and oxygen atoms in total. The van der Waals surface area contributed by atoms with Gasteiger partial charge >= 0.3 is 5.97 Å². The lowest BCUT2D eigenvalue weighted by atomic mass is 9.70. The summed E-state index contributed by atoms with van der Waals surface area (Å²) in [4.78, 5) is 24.6. The lowest BCUT2D eigenvalue weighted by Gasteiger charge is -2.32.